The third-order valence-electron chi connectivity index (χ3n) is 2.99. The largest absolute Gasteiger partial charge is 0.400 e. The molecule has 0 atom stereocenters. The molecule has 0 radical (unpaired) electrons. The first kappa shape index (κ1) is 18.3. The van der Waals surface area contributed by atoms with Crippen LogP contribution < -0.4 is 0 Å². The van der Waals surface area contributed by atoms with Gasteiger partial charge >= 0.3 is 0 Å². The van der Waals surface area contributed by atoms with E-state index in [9.17, 15) is 5.11 Å². The fraction of sp³-hybridized carbons (Fsp3) is 1.00. The van der Waals surface area contributed by atoms with E-state index in [4.69, 9.17) is 5.11 Å². The van der Waals surface area contributed by atoms with Gasteiger partial charge < -0.3 is 10.2 Å². The molecule has 2 nitrogen and oxygen atoms in total. The van der Waals surface area contributed by atoms with Crippen LogP contribution in [-0.2, 0) is 0 Å². The van der Waals surface area contributed by atoms with Gasteiger partial charge in [0.05, 0.1) is 5.60 Å². The Labute approximate surface area is 102 Å². The molecule has 0 rings (SSSR count). The molecule has 0 saturated heterocycles. The van der Waals surface area contributed by atoms with Gasteiger partial charge in [0, 0.05) is 7.11 Å². The molecule has 2 N–H and O–H groups in total. The quantitative estimate of drug-likeness (QED) is 0.633. The predicted molar refractivity (Wildman–Crippen MR) is 71.7 cm³/mol. The first-order chi connectivity index (χ1) is 7.68. The average Bonchev–Trinajstić information content (AvgIpc) is 2.34. The van der Waals surface area contributed by atoms with Gasteiger partial charge in [0.2, 0.25) is 0 Å². The molecule has 0 aromatic carbocycles. The van der Waals surface area contributed by atoms with E-state index in [2.05, 4.69) is 20.8 Å². The lowest BCUT2D eigenvalue weighted by molar-refractivity contribution is 0.00830. The Kier molecular flexibility index (Phi) is 14.8. The molecule has 0 fully saturated rings. The van der Waals surface area contributed by atoms with Crippen molar-refractivity contribution >= 4 is 0 Å². The summed E-state index contributed by atoms with van der Waals surface area (Å²) < 4.78 is 0. The van der Waals surface area contributed by atoms with Crippen LogP contribution in [-0.4, -0.2) is 22.9 Å². The topological polar surface area (TPSA) is 40.5 Å². The maximum atomic E-state index is 10.4. The van der Waals surface area contributed by atoms with Crippen LogP contribution in [0, 0.1) is 0 Å². The molecular weight excluding hydrogens is 200 g/mol. The van der Waals surface area contributed by atoms with Crippen molar-refractivity contribution in [1.82, 2.24) is 0 Å². The summed E-state index contributed by atoms with van der Waals surface area (Å²) in [5, 5.41) is 17.4. The van der Waals surface area contributed by atoms with Crippen molar-refractivity contribution in [2.45, 2.75) is 84.2 Å². The Balaban J connectivity index is 0. The third kappa shape index (κ3) is 10.4. The lowest BCUT2D eigenvalue weighted by Crippen LogP contribution is -2.28. The average molecular weight is 232 g/mol. The molecule has 0 aromatic rings. The van der Waals surface area contributed by atoms with Crippen LogP contribution in [0.4, 0.5) is 0 Å². The van der Waals surface area contributed by atoms with Gasteiger partial charge in [-0.1, -0.05) is 59.3 Å². The van der Waals surface area contributed by atoms with Crippen LogP contribution in [0.3, 0.4) is 0 Å². The number of aliphatic hydroxyl groups is 2. The molecule has 0 unspecified atom stereocenters. The van der Waals surface area contributed by atoms with Gasteiger partial charge in [-0.15, -0.1) is 0 Å². The third-order valence-corrected chi connectivity index (χ3v) is 2.99. The smallest absolute Gasteiger partial charge is 0.0647 e. The molecular formula is C14H32O2. The lowest BCUT2D eigenvalue weighted by atomic mass is 9.86. The number of hydrogen-bond donors (Lipinski definition) is 2. The van der Waals surface area contributed by atoms with E-state index in [1.165, 1.54) is 38.5 Å². The zero-order chi connectivity index (χ0) is 12.9. The second-order valence-electron chi connectivity index (χ2n) is 4.54. The minimum absolute atomic E-state index is 0.345. The fourth-order valence-corrected chi connectivity index (χ4v) is 1.89. The Hall–Kier alpha value is -0.0800. The van der Waals surface area contributed by atoms with Crippen molar-refractivity contribution in [2.75, 3.05) is 7.11 Å². The van der Waals surface area contributed by atoms with Gasteiger partial charge in [0.15, 0.2) is 0 Å². The first-order valence-corrected chi connectivity index (χ1v) is 6.85. The normalized spacial score (nSPS) is 10.9. The summed E-state index contributed by atoms with van der Waals surface area (Å²) in [5.41, 5.74) is -0.345. The van der Waals surface area contributed by atoms with Gasteiger partial charge in [-0.05, 0) is 19.3 Å². The highest BCUT2D eigenvalue weighted by atomic mass is 16.3. The summed E-state index contributed by atoms with van der Waals surface area (Å²) in [6.07, 6.45) is 10.1. The summed E-state index contributed by atoms with van der Waals surface area (Å²) in [6.45, 7) is 6.58. The van der Waals surface area contributed by atoms with E-state index in [0.717, 1.165) is 26.4 Å². The SMILES string of the molecule is CCCCC(O)(CCCC)CCCC.CO. The monoisotopic (exact) mass is 232 g/mol. The highest BCUT2D eigenvalue weighted by Gasteiger charge is 2.24. The van der Waals surface area contributed by atoms with Crippen LogP contribution in [0.2, 0.25) is 0 Å². The van der Waals surface area contributed by atoms with Crippen molar-refractivity contribution in [3.63, 3.8) is 0 Å². The van der Waals surface area contributed by atoms with E-state index in [1.807, 2.05) is 0 Å². The molecule has 0 aliphatic rings. The zero-order valence-electron chi connectivity index (χ0n) is 11.8. The molecule has 0 aliphatic carbocycles. The van der Waals surface area contributed by atoms with E-state index < -0.39 is 0 Å². The van der Waals surface area contributed by atoms with Crippen LogP contribution in [0.25, 0.3) is 0 Å². The fourth-order valence-electron chi connectivity index (χ4n) is 1.89. The minimum Gasteiger partial charge on any atom is -0.400 e. The molecule has 16 heavy (non-hydrogen) atoms. The molecule has 0 amide bonds. The van der Waals surface area contributed by atoms with Crippen molar-refractivity contribution in [2.24, 2.45) is 0 Å². The van der Waals surface area contributed by atoms with E-state index >= 15 is 0 Å². The second-order valence-corrected chi connectivity index (χ2v) is 4.54. The number of unbranched alkanes of at least 4 members (excludes halogenated alkanes) is 3. The zero-order valence-corrected chi connectivity index (χ0v) is 11.8. The number of rotatable bonds is 9. The summed E-state index contributed by atoms with van der Waals surface area (Å²) in [4.78, 5) is 0. The minimum atomic E-state index is -0.345. The summed E-state index contributed by atoms with van der Waals surface area (Å²) in [6, 6.07) is 0. The van der Waals surface area contributed by atoms with Crippen LogP contribution in [0.1, 0.15) is 78.6 Å². The summed E-state index contributed by atoms with van der Waals surface area (Å²) >= 11 is 0. The Morgan fingerprint density at radius 2 is 0.938 bits per heavy atom. The predicted octanol–water partition coefficient (Wildman–Crippen LogP) is 3.90. The Morgan fingerprint density at radius 3 is 1.12 bits per heavy atom. The van der Waals surface area contributed by atoms with E-state index in [-0.39, 0.29) is 5.60 Å². The highest BCUT2D eigenvalue weighted by molar-refractivity contribution is 4.77. The van der Waals surface area contributed by atoms with Crippen LogP contribution in [0.15, 0.2) is 0 Å². The summed E-state index contributed by atoms with van der Waals surface area (Å²) in [7, 11) is 1.00. The van der Waals surface area contributed by atoms with E-state index in [0.29, 0.717) is 0 Å². The molecule has 2 heteroatoms. The maximum Gasteiger partial charge on any atom is 0.0647 e. The van der Waals surface area contributed by atoms with Gasteiger partial charge in [0.1, 0.15) is 0 Å². The van der Waals surface area contributed by atoms with Gasteiger partial charge in [0.25, 0.3) is 0 Å². The molecule has 0 heterocycles. The van der Waals surface area contributed by atoms with E-state index in [1.54, 1.807) is 0 Å². The molecule has 0 spiro atoms. The van der Waals surface area contributed by atoms with Gasteiger partial charge in [-0.25, -0.2) is 0 Å². The van der Waals surface area contributed by atoms with Gasteiger partial charge in [-0.2, -0.15) is 0 Å². The molecule has 0 aliphatic heterocycles. The molecule has 0 bridgehead atoms. The molecule has 0 aromatic heterocycles. The number of hydrogen-bond acceptors (Lipinski definition) is 2. The van der Waals surface area contributed by atoms with Crippen molar-refractivity contribution < 1.29 is 10.2 Å². The molecule has 0 saturated carbocycles. The standard InChI is InChI=1S/C13H28O.CH4O/c1-4-7-10-13(14,11-8-5-2)12-9-6-3;1-2/h14H,4-12H2,1-3H3;2H,1H3. The van der Waals surface area contributed by atoms with Crippen molar-refractivity contribution in [1.29, 1.82) is 0 Å². The number of aliphatic hydroxyl groups excluding tert-OH is 1. The second kappa shape index (κ2) is 13.0. The first-order valence-electron chi connectivity index (χ1n) is 6.85. The Morgan fingerprint density at radius 1 is 0.688 bits per heavy atom. The van der Waals surface area contributed by atoms with Gasteiger partial charge in [-0.3, -0.25) is 0 Å². The van der Waals surface area contributed by atoms with Crippen molar-refractivity contribution in [3.05, 3.63) is 0 Å². The van der Waals surface area contributed by atoms with Crippen LogP contribution in [0.5, 0.6) is 0 Å². The summed E-state index contributed by atoms with van der Waals surface area (Å²) in [5.74, 6) is 0. The Bertz CT molecular complexity index is 102. The lowest BCUT2D eigenvalue weighted by Gasteiger charge is -2.28. The highest BCUT2D eigenvalue weighted by Crippen LogP contribution is 2.27. The molecule has 100 valence electrons. The van der Waals surface area contributed by atoms with Crippen LogP contribution >= 0.6 is 0 Å². The maximum absolute atomic E-state index is 10.4. The van der Waals surface area contributed by atoms with Crippen molar-refractivity contribution in [3.8, 4) is 0 Å².